The molecular formula is C11H16N2O4. The van der Waals surface area contributed by atoms with Crippen LogP contribution in [0, 0.1) is 21.4 Å². The van der Waals surface area contributed by atoms with E-state index in [0.717, 1.165) is 25.6 Å². The molecule has 0 amide bonds. The topological polar surface area (TPSA) is 81.5 Å². The Labute approximate surface area is 99.2 Å². The molecule has 2 atom stereocenters. The maximum Gasteiger partial charge on any atom is 0.309 e. The highest BCUT2D eigenvalue weighted by atomic mass is 16.6. The number of ether oxygens (including phenoxy) is 1. The summed E-state index contributed by atoms with van der Waals surface area (Å²) in [4.78, 5) is 21.8. The first-order valence-electron chi connectivity index (χ1n) is 5.86. The lowest BCUT2D eigenvalue weighted by Crippen LogP contribution is -2.32. The molecule has 0 radical (unpaired) electrons. The van der Waals surface area contributed by atoms with E-state index in [0.29, 0.717) is 18.7 Å². The molecule has 1 aliphatic carbocycles. The van der Waals surface area contributed by atoms with E-state index < -0.39 is 4.92 Å². The van der Waals surface area contributed by atoms with Gasteiger partial charge in [0.15, 0.2) is 0 Å². The second-order valence-electron chi connectivity index (χ2n) is 4.52. The van der Waals surface area contributed by atoms with Gasteiger partial charge in [0.05, 0.1) is 23.1 Å². The minimum Gasteiger partial charge on any atom is -0.466 e. The van der Waals surface area contributed by atoms with Crippen LogP contribution in [0.5, 0.6) is 0 Å². The summed E-state index contributed by atoms with van der Waals surface area (Å²) in [5.41, 5.74) is 0.240. The molecule has 1 saturated heterocycles. The fourth-order valence-corrected chi connectivity index (χ4v) is 2.65. The molecule has 17 heavy (non-hydrogen) atoms. The Bertz CT molecular complexity index is 380. The lowest BCUT2D eigenvalue weighted by molar-refractivity contribution is -0.404. The second kappa shape index (κ2) is 4.35. The highest BCUT2D eigenvalue weighted by Crippen LogP contribution is 2.61. The first kappa shape index (κ1) is 11.9. The van der Waals surface area contributed by atoms with Gasteiger partial charge in [0.2, 0.25) is 0 Å². The average Bonchev–Trinajstić information content (AvgIpc) is 2.97. The number of carbonyl (C=O) groups excluding carboxylic acids is 1. The van der Waals surface area contributed by atoms with Gasteiger partial charge in [-0.1, -0.05) is 0 Å². The van der Waals surface area contributed by atoms with E-state index in [2.05, 4.69) is 5.32 Å². The molecule has 1 saturated carbocycles. The van der Waals surface area contributed by atoms with Crippen molar-refractivity contribution in [3.05, 3.63) is 22.0 Å². The number of nitrogens with one attached hydrogen (secondary N) is 1. The number of hydrogen-bond acceptors (Lipinski definition) is 5. The maximum absolute atomic E-state index is 11.7. The zero-order chi connectivity index (χ0) is 12.5. The number of nitro groups is 1. The van der Waals surface area contributed by atoms with E-state index in [1.54, 1.807) is 6.92 Å². The summed E-state index contributed by atoms with van der Waals surface area (Å²) in [7, 11) is 0. The van der Waals surface area contributed by atoms with Crippen molar-refractivity contribution in [2.24, 2.45) is 11.3 Å². The predicted molar refractivity (Wildman–Crippen MR) is 59.5 cm³/mol. The fourth-order valence-electron chi connectivity index (χ4n) is 2.65. The van der Waals surface area contributed by atoms with Crippen LogP contribution in [0.25, 0.3) is 0 Å². The highest BCUT2D eigenvalue weighted by Gasteiger charge is 2.62. The van der Waals surface area contributed by atoms with Gasteiger partial charge in [-0.25, -0.2) is 0 Å². The normalized spacial score (nSPS) is 33.2. The molecule has 1 N–H and O–H groups in total. The molecule has 1 spiro atoms. The molecule has 1 heterocycles. The molecule has 1 aliphatic heterocycles. The van der Waals surface area contributed by atoms with Crippen molar-refractivity contribution in [1.29, 1.82) is 0 Å². The lowest BCUT2D eigenvalue weighted by Gasteiger charge is -2.25. The number of rotatable bonds is 3. The van der Waals surface area contributed by atoms with E-state index in [1.807, 2.05) is 0 Å². The lowest BCUT2D eigenvalue weighted by atomic mass is 9.90. The number of allylic oxidation sites excluding steroid dienone is 1. The molecule has 6 heteroatoms. The minimum atomic E-state index is -0.462. The first-order valence-corrected chi connectivity index (χ1v) is 5.86. The molecule has 6 nitrogen and oxygen atoms in total. The van der Waals surface area contributed by atoms with Crippen LogP contribution in [-0.2, 0) is 9.53 Å². The maximum atomic E-state index is 11.7. The van der Waals surface area contributed by atoms with Crippen molar-refractivity contribution < 1.29 is 14.5 Å². The van der Waals surface area contributed by atoms with Gasteiger partial charge in [0.25, 0.3) is 6.20 Å². The van der Waals surface area contributed by atoms with Crippen molar-refractivity contribution in [3.63, 3.8) is 0 Å². The average molecular weight is 240 g/mol. The number of piperidine rings is 1. The summed E-state index contributed by atoms with van der Waals surface area (Å²) in [6, 6.07) is 0. The van der Waals surface area contributed by atoms with E-state index in [1.165, 1.54) is 0 Å². The molecule has 2 fully saturated rings. The summed E-state index contributed by atoms with van der Waals surface area (Å²) in [6.07, 6.45) is 3.42. The van der Waals surface area contributed by atoms with Gasteiger partial charge in [0, 0.05) is 12.0 Å². The van der Waals surface area contributed by atoms with Gasteiger partial charge in [-0.05, 0) is 26.2 Å². The molecule has 2 rings (SSSR count). The standard InChI is InChI=1S/C11H16N2O4/c1-2-17-10(14)8-6-11(8)4-3-5-12-9(11)7-13(15)16/h7-8,12H,2-6H2,1H3/b9-7-/t8-,11-/m1/s1. The van der Waals surface area contributed by atoms with Crippen LogP contribution in [-0.4, -0.2) is 24.0 Å². The van der Waals surface area contributed by atoms with Crippen molar-refractivity contribution in [2.45, 2.75) is 26.2 Å². The molecule has 0 aromatic carbocycles. The minimum absolute atomic E-state index is 0.207. The number of carbonyl (C=O) groups is 1. The first-order chi connectivity index (χ1) is 8.10. The molecule has 0 bridgehead atoms. The fraction of sp³-hybridized carbons (Fsp3) is 0.727. The largest absolute Gasteiger partial charge is 0.466 e. The Hall–Kier alpha value is -1.59. The monoisotopic (exact) mass is 240 g/mol. The van der Waals surface area contributed by atoms with Gasteiger partial charge in [-0.3, -0.25) is 14.9 Å². The third-order valence-corrected chi connectivity index (χ3v) is 3.53. The SMILES string of the molecule is CCOC(=O)[C@H]1C[C@]12CCCN/C2=C\[N+](=O)[O-]. The molecular weight excluding hydrogens is 224 g/mol. The van der Waals surface area contributed by atoms with Crippen LogP contribution in [0.3, 0.4) is 0 Å². The van der Waals surface area contributed by atoms with Crippen LogP contribution in [0.1, 0.15) is 26.2 Å². The van der Waals surface area contributed by atoms with Crippen molar-refractivity contribution in [3.8, 4) is 0 Å². The van der Waals surface area contributed by atoms with Crippen molar-refractivity contribution in [2.75, 3.05) is 13.2 Å². The third kappa shape index (κ3) is 2.11. The third-order valence-electron chi connectivity index (χ3n) is 3.53. The summed E-state index contributed by atoms with van der Waals surface area (Å²) < 4.78 is 4.98. The summed E-state index contributed by atoms with van der Waals surface area (Å²) >= 11 is 0. The molecule has 0 aromatic heterocycles. The van der Waals surface area contributed by atoms with Gasteiger partial charge in [0.1, 0.15) is 0 Å². The van der Waals surface area contributed by atoms with Gasteiger partial charge >= 0.3 is 5.97 Å². The number of esters is 1. The van der Waals surface area contributed by atoms with Gasteiger partial charge in [-0.15, -0.1) is 0 Å². The van der Waals surface area contributed by atoms with E-state index in [4.69, 9.17) is 4.74 Å². The quantitative estimate of drug-likeness (QED) is 0.453. The van der Waals surface area contributed by atoms with E-state index >= 15 is 0 Å². The van der Waals surface area contributed by atoms with E-state index in [-0.39, 0.29) is 17.3 Å². The van der Waals surface area contributed by atoms with E-state index in [9.17, 15) is 14.9 Å². The Morgan fingerprint density at radius 3 is 3.18 bits per heavy atom. The van der Waals surface area contributed by atoms with Gasteiger partial charge < -0.3 is 10.1 Å². The van der Waals surface area contributed by atoms with Gasteiger partial charge in [-0.2, -0.15) is 0 Å². The van der Waals surface area contributed by atoms with Crippen LogP contribution in [0.15, 0.2) is 11.9 Å². The summed E-state index contributed by atoms with van der Waals surface area (Å²) in [6.45, 7) is 2.85. The zero-order valence-electron chi connectivity index (χ0n) is 9.77. The van der Waals surface area contributed by atoms with Crippen LogP contribution >= 0.6 is 0 Å². The summed E-state index contributed by atoms with van der Waals surface area (Å²) in [5, 5.41) is 13.6. The molecule has 0 unspecified atom stereocenters. The second-order valence-corrected chi connectivity index (χ2v) is 4.52. The van der Waals surface area contributed by atoms with Crippen LogP contribution in [0.4, 0.5) is 0 Å². The Balaban J connectivity index is 2.14. The Morgan fingerprint density at radius 1 is 1.76 bits per heavy atom. The summed E-state index contributed by atoms with van der Waals surface area (Å²) in [5.74, 6) is -0.438. The van der Waals surface area contributed by atoms with Crippen molar-refractivity contribution in [1.82, 2.24) is 5.32 Å². The smallest absolute Gasteiger partial charge is 0.309 e. The van der Waals surface area contributed by atoms with Crippen molar-refractivity contribution >= 4 is 5.97 Å². The molecule has 2 aliphatic rings. The van der Waals surface area contributed by atoms with Crippen LogP contribution < -0.4 is 5.32 Å². The Morgan fingerprint density at radius 2 is 2.53 bits per heavy atom. The van der Waals surface area contributed by atoms with Crippen LogP contribution in [0.2, 0.25) is 0 Å². The predicted octanol–water partition coefficient (Wildman–Crippen LogP) is 1.06. The zero-order valence-corrected chi connectivity index (χ0v) is 9.77. The number of nitrogens with zero attached hydrogens (tertiary/aromatic N) is 1. The highest BCUT2D eigenvalue weighted by molar-refractivity contribution is 5.78. The molecule has 94 valence electrons. The number of hydrogen-bond donors (Lipinski definition) is 1. The molecule has 0 aromatic rings. The Kier molecular flexibility index (Phi) is 3.04.